The minimum absolute atomic E-state index is 0.0569. The molecule has 9 nitrogen and oxygen atoms in total. The van der Waals surface area contributed by atoms with E-state index < -0.39 is 18.2 Å². The third kappa shape index (κ3) is 6.89. The zero-order valence-electron chi connectivity index (χ0n) is 24.4. The summed E-state index contributed by atoms with van der Waals surface area (Å²) in [6, 6.07) is 29.2. The molecule has 45 heavy (non-hydrogen) atoms. The monoisotopic (exact) mass is 621 g/mol. The number of carbonyl (C=O) groups excluding carboxylic acids is 1. The summed E-state index contributed by atoms with van der Waals surface area (Å²) in [6.07, 6.45) is 0.0433. The molecule has 4 unspecified atom stereocenters. The summed E-state index contributed by atoms with van der Waals surface area (Å²) < 4.78 is 13.1. The number of carbonyl (C=O) groups is 2. The van der Waals surface area contributed by atoms with Gasteiger partial charge in [0.2, 0.25) is 0 Å². The van der Waals surface area contributed by atoms with E-state index in [1.807, 2.05) is 66.7 Å². The van der Waals surface area contributed by atoms with Gasteiger partial charge in [-0.3, -0.25) is 9.78 Å². The fraction of sp³-hybridized carbons (Fsp3) is 0.200. The van der Waals surface area contributed by atoms with Crippen molar-refractivity contribution >= 4 is 40.4 Å². The Morgan fingerprint density at radius 3 is 2.42 bits per heavy atom. The number of fused-ring (bicyclic) bond motifs is 1. The molecule has 10 heteroatoms. The number of hydrogen-bond donors (Lipinski definition) is 3. The Morgan fingerprint density at radius 1 is 0.889 bits per heavy atom. The highest BCUT2D eigenvalue weighted by Crippen LogP contribution is 2.43. The Bertz CT molecular complexity index is 1830. The van der Waals surface area contributed by atoms with E-state index in [9.17, 15) is 19.8 Å². The van der Waals surface area contributed by atoms with Crippen molar-refractivity contribution in [2.75, 3.05) is 11.1 Å². The largest absolute Gasteiger partial charge is 0.478 e. The second-order valence-corrected chi connectivity index (χ2v) is 11.8. The van der Waals surface area contributed by atoms with E-state index in [1.54, 1.807) is 30.3 Å². The molecule has 4 aromatic carbocycles. The number of carboxylic acid groups (broad SMARTS) is 1. The van der Waals surface area contributed by atoms with Crippen molar-refractivity contribution in [3.8, 4) is 0 Å². The zero-order chi connectivity index (χ0) is 31.3. The van der Waals surface area contributed by atoms with E-state index >= 15 is 0 Å². The first-order valence-corrected chi connectivity index (χ1v) is 15.5. The van der Waals surface area contributed by atoms with Crippen molar-refractivity contribution in [1.82, 2.24) is 9.97 Å². The van der Waals surface area contributed by atoms with Gasteiger partial charge in [0.1, 0.15) is 5.69 Å². The number of benzene rings is 4. The van der Waals surface area contributed by atoms with Crippen LogP contribution < -0.4 is 5.32 Å². The number of aliphatic hydroxyl groups excluding tert-OH is 1. The maximum absolute atomic E-state index is 13.1. The summed E-state index contributed by atoms with van der Waals surface area (Å²) in [5.41, 5.74) is 4.77. The van der Waals surface area contributed by atoms with Crippen LogP contribution in [0.4, 0.5) is 5.69 Å². The minimum Gasteiger partial charge on any atom is -0.478 e. The van der Waals surface area contributed by atoms with Crippen LogP contribution in [0.3, 0.4) is 0 Å². The second-order valence-electron chi connectivity index (χ2n) is 10.8. The second kappa shape index (κ2) is 13.6. The number of thioether (sulfide) groups is 1. The number of nitrogens with one attached hydrogen (secondary N) is 1. The molecular formula is C35H31N3O6S. The predicted molar refractivity (Wildman–Crippen MR) is 171 cm³/mol. The SMILES string of the molecule is CC1C(CSc2ccccc2C(=O)O)OC(c2cccc(NC(=O)c3cnc4ccccc4n3)c2)OC1c1ccc(CO)cc1. The van der Waals surface area contributed by atoms with Crippen LogP contribution >= 0.6 is 11.8 Å². The summed E-state index contributed by atoms with van der Waals surface area (Å²) in [5, 5.41) is 22.1. The summed E-state index contributed by atoms with van der Waals surface area (Å²) in [6.45, 7) is 2.00. The third-order valence-corrected chi connectivity index (χ3v) is 8.90. The fourth-order valence-electron chi connectivity index (χ4n) is 5.28. The minimum atomic E-state index is -0.979. The van der Waals surface area contributed by atoms with Crippen LogP contribution in [0.2, 0.25) is 0 Å². The number of ether oxygens (including phenoxy) is 2. The molecule has 1 aliphatic heterocycles. The van der Waals surface area contributed by atoms with Crippen LogP contribution in [0.1, 0.15) is 56.9 Å². The standard InChI is InChI=1S/C35H31N3O6S/c1-21-30(20-45-31-12-5-2-9-26(31)34(41)42)43-35(44-32(21)23-15-13-22(19-39)14-16-23)24-7-6-8-25(17-24)37-33(40)29-18-36-27-10-3-4-11-28(27)38-29/h2-18,21,30,32,35,39H,19-20H2,1H3,(H,37,40)(H,41,42). The van der Waals surface area contributed by atoms with Gasteiger partial charge < -0.3 is 25.0 Å². The third-order valence-electron chi connectivity index (χ3n) is 7.74. The van der Waals surface area contributed by atoms with E-state index in [2.05, 4.69) is 22.2 Å². The molecule has 0 aliphatic carbocycles. The van der Waals surface area contributed by atoms with Crippen LogP contribution in [-0.2, 0) is 16.1 Å². The number of para-hydroxylation sites is 2. The number of rotatable bonds is 9. The summed E-state index contributed by atoms with van der Waals surface area (Å²) in [5.74, 6) is -0.960. The van der Waals surface area contributed by atoms with E-state index in [-0.39, 0.29) is 36.0 Å². The average molecular weight is 622 g/mol. The predicted octanol–water partition coefficient (Wildman–Crippen LogP) is 6.66. The first-order valence-electron chi connectivity index (χ1n) is 14.5. The molecule has 3 N–H and O–H groups in total. The first kappa shape index (κ1) is 30.4. The van der Waals surface area contributed by atoms with Gasteiger partial charge in [-0.05, 0) is 47.5 Å². The molecule has 4 atom stereocenters. The zero-order valence-corrected chi connectivity index (χ0v) is 25.2. The quantitative estimate of drug-likeness (QED) is 0.155. The smallest absolute Gasteiger partial charge is 0.336 e. The van der Waals surface area contributed by atoms with Crippen LogP contribution in [-0.4, -0.2) is 43.9 Å². The molecular weight excluding hydrogens is 590 g/mol. The molecule has 228 valence electrons. The van der Waals surface area contributed by atoms with Crippen molar-refractivity contribution in [3.63, 3.8) is 0 Å². The molecule has 0 radical (unpaired) electrons. The van der Waals surface area contributed by atoms with Gasteiger partial charge in [-0.25, -0.2) is 9.78 Å². The molecule has 6 rings (SSSR count). The molecule has 0 saturated carbocycles. The highest BCUT2D eigenvalue weighted by atomic mass is 32.2. The van der Waals surface area contributed by atoms with Crippen molar-refractivity contribution in [2.45, 2.75) is 36.9 Å². The molecule has 2 heterocycles. The van der Waals surface area contributed by atoms with Gasteiger partial charge in [0, 0.05) is 27.8 Å². The Labute approximate surface area is 264 Å². The van der Waals surface area contributed by atoms with Gasteiger partial charge in [-0.2, -0.15) is 0 Å². The molecule has 1 aliphatic rings. The van der Waals surface area contributed by atoms with Crippen LogP contribution in [0.15, 0.2) is 108 Å². The molecule has 1 amide bonds. The lowest BCUT2D eigenvalue weighted by Crippen LogP contribution is -2.38. The Kier molecular flexibility index (Phi) is 9.18. The molecule has 5 aromatic rings. The van der Waals surface area contributed by atoms with Gasteiger partial charge in [0.25, 0.3) is 5.91 Å². The lowest BCUT2D eigenvalue weighted by Gasteiger charge is -2.41. The van der Waals surface area contributed by atoms with E-state index in [1.165, 1.54) is 18.0 Å². The molecule has 1 saturated heterocycles. The number of aromatic nitrogens is 2. The number of nitrogens with zero attached hydrogens (tertiary/aromatic N) is 2. The normalized spacial score (nSPS) is 19.7. The van der Waals surface area contributed by atoms with Crippen LogP contribution in [0, 0.1) is 5.92 Å². The summed E-state index contributed by atoms with van der Waals surface area (Å²) >= 11 is 1.43. The average Bonchev–Trinajstić information content (AvgIpc) is 3.08. The lowest BCUT2D eigenvalue weighted by atomic mass is 9.91. The maximum atomic E-state index is 13.1. The van der Waals surface area contributed by atoms with Gasteiger partial charge in [-0.1, -0.05) is 67.6 Å². The van der Waals surface area contributed by atoms with Crippen molar-refractivity contribution in [1.29, 1.82) is 0 Å². The highest BCUT2D eigenvalue weighted by molar-refractivity contribution is 7.99. The fourth-order valence-corrected chi connectivity index (χ4v) is 6.49. The maximum Gasteiger partial charge on any atom is 0.336 e. The number of carboxylic acids is 1. The Morgan fingerprint density at radius 2 is 1.64 bits per heavy atom. The van der Waals surface area contributed by atoms with E-state index in [0.29, 0.717) is 32.9 Å². The van der Waals surface area contributed by atoms with Crippen molar-refractivity contribution < 1.29 is 29.3 Å². The van der Waals surface area contributed by atoms with Gasteiger partial charge in [0.15, 0.2) is 6.29 Å². The Hall–Kier alpha value is -4.61. The topological polar surface area (TPSA) is 131 Å². The van der Waals surface area contributed by atoms with Crippen LogP contribution in [0.25, 0.3) is 11.0 Å². The van der Waals surface area contributed by atoms with Gasteiger partial charge in [-0.15, -0.1) is 11.8 Å². The molecule has 0 bridgehead atoms. The van der Waals surface area contributed by atoms with Gasteiger partial charge in [0.05, 0.1) is 41.6 Å². The number of aromatic carboxylic acids is 1. The number of aliphatic hydroxyl groups is 1. The summed E-state index contributed by atoms with van der Waals surface area (Å²) in [4.78, 5) is 34.3. The summed E-state index contributed by atoms with van der Waals surface area (Å²) in [7, 11) is 0. The lowest BCUT2D eigenvalue weighted by molar-refractivity contribution is -0.268. The molecule has 0 spiro atoms. The van der Waals surface area contributed by atoms with Crippen molar-refractivity contribution in [2.24, 2.45) is 5.92 Å². The van der Waals surface area contributed by atoms with Gasteiger partial charge >= 0.3 is 5.97 Å². The number of anilines is 1. The number of amides is 1. The molecule has 1 fully saturated rings. The van der Waals surface area contributed by atoms with Crippen molar-refractivity contribution in [3.05, 3.63) is 131 Å². The van der Waals surface area contributed by atoms with Crippen LogP contribution in [0.5, 0.6) is 0 Å². The Balaban J connectivity index is 1.25. The van der Waals surface area contributed by atoms with E-state index in [0.717, 1.165) is 11.1 Å². The first-order chi connectivity index (χ1) is 21.9. The highest BCUT2D eigenvalue weighted by Gasteiger charge is 2.38. The molecule has 1 aromatic heterocycles. The van der Waals surface area contributed by atoms with E-state index in [4.69, 9.17) is 9.47 Å². The number of hydrogen-bond acceptors (Lipinski definition) is 8.